The average molecular weight is 265 g/mol. The molecule has 1 amide bonds. The lowest BCUT2D eigenvalue weighted by molar-refractivity contribution is 0.0929. The van der Waals surface area contributed by atoms with Crippen molar-refractivity contribution in [2.24, 2.45) is 0 Å². The molecule has 2 rings (SSSR count). The van der Waals surface area contributed by atoms with E-state index in [-0.39, 0.29) is 5.91 Å². The molecule has 0 spiro atoms. The number of hydrogen-bond acceptors (Lipinski definition) is 3. The van der Waals surface area contributed by atoms with Crippen LogP contribution in [-0.4, -0.2) is 41.5 Å². The van der Waals surface area contributed by atoms with Crippen molar-refractivity contribution in [3.05, 3.63) is 29.8 Å². The van der Waals surface area contributed by atoms with E-state index >= 15 is 0 Å². The van der Waals surface area contributed by atoms with Gasteiger partial charge < -0.3 is 5.32 Å². The highest BCUT2D eigenvalue weighted by atomic mass is 19.1. The highest BCUT2D eigenvalue weighted by molar-refractivity contribution is 5.94. The Bertz CT molecular complexity index is 432. The van der Waals surface area contributed by atoms with Crippen LogP contribution in [-0.2, 0) is 0 Å². The second-order valence-electron chi connectivity index (χ2n) is 5.02. The van der Waals surface area contributed by atoms with Gasteiger partial charge in [-0.15, -0.1) is 0 Å². The Kier molecular flexibility index (Phi) is 4.85. The van der Waals surface area contributed by atoms with Crippen LogP contribution >= 0.6 is 0 Å². The molecule has 0 saturated carbocycles. The molecule has 0 bridgehead atoms. The van der Waals surface area contributed by atoms with E-state index in [1.165, 1.54) is 31.5 Å². The molecule has 2 heterocycles. The maximum Gasteiger partial charge on any atom is 0.251 e. The first-order valence-electron chi connectivity index (χ1n) is 6.80. The first kappa shape index (κ1) is 13.9. The molecule has 1 atom stereocenters. The second kappa shape index (κ2) is 6.61. The SMILES string of the molecule is CC(CNC(=O)c1ccnc(F)c1)N1CCCCC1. The van der Waals surface area contributed by atoms with E-state index in [0.29, 0.717) is 18.2 Å². The molecule has 5 heteroatoms. The van der Waals surface area contributed by atoms with E-state index in [0.717, 1.165) is 19.2 Å². The summed E-state index contributed by atoms with van der Waals surface area (Å²) in [5.74, 6) is -0.873. The fourth-order valence-corrected chi connectivity index (χ4v) is 2.37. The number of nitrogens with zero attached hydrogens (tertiary/aromatic N) is 2. The van der Waals surface area contributed by atoms with E-state index < -0.39 is 5.95 Å². The molecule has 19 heavy (non-hydrogen) atoms. The number of pyridine rings is 1. The molecule has 1 aromatic rings. The molecule has 1 saturated heterocycles. The molecule has 0 radical (unpaired) electrons. The van der Waals surface area contributed by atoms with Crippen LogP contribution in [0.1, 0.15) is 36.5 Å². The lowest BCUT2D eigenvalue weighted by atomic mass is 10.1. The molecule has 1 unspecified atom stereocenters. The number of rotatable bonds is 4. The van der Waals surface area contributed by atoms with Gasteiger partial charge in [0.2, 0.25) is 5.95 Å². The van der Waals surface area contributed by atoms with Gasteiger partial charge in [-0.3, -0.25) is 9.69 Å². The van der Waals surface area contributed by atoms with Gasteiger partial charge in [0.05, 0.1) is 0 Å². The zero-order valence-corrected chi connectivity index (χ0v) is 11.2. The summed E-state index contributed by atoms with van der Waals surface area (Å²) >= 11 is 0. The summed E-state index contributed by atoms with van der Waals surface area (Å²) in [5.41, 5.74) is 0.318. The van der Waals surface area contributed by atoms with Crippen molar-refractivity contribution in [3.63, 3.8) is 0 Å². The van der Waals surface area contributed by atoms with E-state index in [2.05, 4.69) is 22.1 Å². The van der Waals surface area contributed by atoms with Gasteiger partial charge in [0.1, 0.15) is 0 Å². The van der Waals surface area contributed by atoms with Crippen molar-refractivity contribution in [1.29, 1.82) is 0 Å². The van der Waals surface area contributed by atoms with E-state index in [4.69, 9.17) is 0 Å². The molecule has 1 aliphatic rings. The maximum atomic E-state index is 12.9. The minimum Gasteiger partial charge on any atom is -0.350 e. The molecule has 1 fully saturated rings. The number of carbonyl (C=O) groups excluding carboxylic acids is 1. The standard InChI is InChI=1S/C14H20FN3O/c1-11(18-7-3-2-4-8-18)10-17-14(19)12-5-6-16-13(15)9-12/h5-6,9,11H,2-4,7-8,10H2,1H3,(H,17,19). The summed E-state index contributed by atoms with van der Waals surface area (Å²) in [4.78, 5) is 17.7. The van der Waals surface area contributed by atoms with Gasteiger partial charge in [-0.1, -0.05) is 6.42 Å². The molecule has 1 aliphatic heterocycles. The molecule has 0 aliphatic carbocycles. The van der Waals surface area contributed by atoms with Gasteiger partial charge in [0.25, 0.3) is 5.91 Å². The number of hydrogen-bond donors (Lipinski definition) is 1. The third kappa shape index (κ3) is 3.99. The van der Waals surface area contributed by atoms with E-state index in [1.807, 2.05) is 0 Å². The molecule has 4 nitrogen and oxygen atoms in total. The van der Waals surface area contributed by atoms with Crippen molar-refractivity contribution < 1.29 is 9.18 Å². The topological polar surface area (TPSA) is 45.2 Å². The van der Waals surface area contributed by atoms with Crippen molar-refractivity contribution >= 4 is 5.91 Å². The second-order valence-corrected chi connectivity index (χ2v) is 5.02. The number of amides is 1. The minimum absolute atomic E-state index is 0.245. The number of aromatic nitrogens is 1. The van der Waals surface area contributed by atoms with Crippen molar-refractivity contribution in [2.75, 3.05) is 19.6 Å². The first-order valence-corrected chi connectivity index (χ1v) is 6.80. The summed E-state index contributed by atoms with van der Waals surface area (Å²) in [6, 6.07) is 2.99. The third-order valence-corrected chi connectivity index (χ3v) is 3.56. The van der Waals surface area contributed by atoms with Crippen LogP contribution in [0, 0.1) is 5.95 Å². The fraction of sp³-hybridized carbons (Fsp3) is 0.571. The minimum atomic E-state index is -0.628. The Hall–Kier alpha value is -1.49. The Labute approximate surface area is 113 Å². The Morgan fingerprint density at radius 1 is 1.47 bits per heavy atom. The van der Waals surface area contributed by atoms with Crippen molar-refractivity contribution in [2.45, 2.75) is 32.2 Å². The number of halogens is 1. The third-order valence-electron chi connectivity index (χ3n) is 3.56. The van der Waals surface area contributed by atoms with Crippen LogP contribution in [0.4, 0.5) is 4.39 Å². The molecule has 104 valence electrons. The lowest BCUT2D eigenvalue weighted by Gasteiger charge is -2.32. The molecule has 0 aromatic carbocycles. The van der Waals surface area contributed by atoms with Crippen LogP contribution in [0.25, 0.3) is 0 Å². The molecule has 1 N–H and O–H groups in total. The van der Waals surface area contributed by atoms with Crippen molar-refractivity contribution in [1.82, 2.24) is 15.2 Å². The number of piperidine rings is 1. The summed E-state index contributed by atoms with van der Waals surface area (Å²) < 4.78 is 12.9. The normalized spacial score (nSPS) is 18.0. The van der Waals surface area contributed by atoms with Crippen LogP contribution in [0.2, 0.25) is 0 Å². The average Bonchev–Trinajstić information content (AvgIpc) is 2.45. The Morgan fingerprint density at radius 3 is 2.89 bits per heavy atom. The number of likely N-dealkylation sites (tertiary alicyclic amines) is 1. The molecular weight excluding hydrogens is 245 g/mol. The smallest absolute Gasteiger partial charge is 0.251 e. The number of carbonyl (C=O) groups is 1. The summed E-state index contributed by atoms with van der Waals surface area (Å²) in [6.07, 6.45) is 5.06. The van der Waals surface area contributed by atoms with Crippen LogP contribution in [0.5, 0.6) is 0 Å². The van der Waals surface area contributed by atoms with Gasteiger partial charge in [-0.2, -0.15) is 4.39 Å². The zero-order chi connectivity index (χ0) is 13.7. The van der Waals surface area contributed by atoms with E-state index in [9.17, 15) is 9.18 Å². The van der Waals surface area contributed by atoms with Gasteiger partial charge in [0, 0.05) is 30.4 Å². The molecule has 1 aromatic heterocycles. The van der Waals surface area contributed by atoms with Crippen molar-refractivity contribution in [3.8, 4) is 0 Å². The summed E-state index contributed by atoms with van der Waals surface area (Å²) in [5, 5.41) is 2.85. The monoisotopic (exact) mass is 265 g/mol. The molecular formula is C14H20FN3O. The maximum absolute atomic E-state index is 12.9. The van der Waals surface area contributed by atoms with Gasteiger partial charge in [0.15, 0.2) is 0 Å². The van der Waals surface area contributed by atoms with Gasteiger partial charge in [-0.25, -0.2) is 4.98 Å². The highest BCUT2D eigenvalue weighted by Gasteiger charge is 2.17. The first-order chi connectivity index (χ1) is 9.16. The lowest BCUT2D eigenvalue weighted by Crippen LogP contribution is -2.44. The predicted molar refractivity (Wildman–Crippen MR) is 71.4 cm³/mol. The summed E-state index contributed by atoms with van der Waals surface area (Å²) in [7, 11) is 0. The number of nitrogens with one attached hydrogen (secondary N) is 1. The fourth-order valence-electron chi connectivity index (χ4n) is 2.37. The van der Waals surface area contributed by atoms with Crippen LogP contribution < -0.4 is 5.32 Å². The van der Waals surface area contributed by atoms with Crippen LogP contribution in [0.15, 0.2) is 18.3 Å². The van der Waals surface area contributed by atoms with Crippen LogP contribution in [0.3, 0.4) is 0 Å². The highest BCUT2D eigenvalue weighted by Crippen LogP contribution is 2.11. The quantitative estimate of drug-likeness (QED) is 0.845. The van der Waals surface area contributed by atoms with Gasteiger partial charge >= 0.3 is 0 Å². The van der Waals surface area contributed by atoms with E-state index in [1.54, 1.807) is 0 Å². The Balaban J connectivity index is 1.82. The zero-order valence-electron chi connectivity index (χ0n) is 11.2. The largest absolute Gasteiger partial charge is 0.350 e. The Morgan fingerprint density at radius 2 is 2.21 bits per heavy atom. The summed E-state index contributed by atoms with van der Waals surface area (Å²) in [6.45, 7) is 4.89. The predicted octanol–water partition coefficient (Wildman–Crippen LogP) is 1.82. The van der Waals surface area contributed by atoms with Gasteiger partial charge in [-0.05, 0) is 38.9 Å².